The lowest BCUT2D eigenvalue weighted by atomic mass is 10.2. The molecule has 1 aromatic heterocycles. The fourth-order valence-corrected chi connectivity index (χ4v) is 2.17. The van der Waals surface area contributed by atoms with E-state index in [1.165, 1.54) is 6.07 Å². The van der Waals surface area contributed by atoms with Gasteiger partial charge < -0.3 is 10.1 Å². The van der Waals surface area contributed by atoms with E-state index in [1.807, 2.05) is 0 Å². The maximum Gasteiger partial charge on any atom is 0.339 e. The highest BCUT2D eigenvalue weighted by atomic mass is 35.5. The second-order valence-corrected chi connectivity index (χ2v) is 5.67. The Morgan fingerprint density at radius 1 is 1.17 bits per heavy atom. The van der Waals surface area contributed by atoms with E-state index in [9.17, 15) is 9.18 Å². The lowest BCUT2D eigenvalue weighted by molar-refractivity contribution is 0.0378. The third-order valence-corrected chi connectivity index (χ3v) is 3.10. The van der Waals surface area contributed by atoms with Crippen molar-refractivity contribution in [3.8, 4) is 0 Å². The van der Waals surface area contributed by atoms with Gasteiger partial charge in [0.1, 0.15) is 5.82 Å². The zero-order valence-electron chi connectivity index (χ0n) is 11.9. The maximum atomic E-state index is 14.0. The number of ether oxygens (including phenoxy) is 1. The van der Waals surface area contributed by atoms with Crippen molar-refractivity contribution in [3.05, 3.63) is 39.1 Å². The number of nitrogens with zero attached hydrogens (tertiary/aromatic N) is 3. The molecule has 0 aliphatic rings. The Morgan fingerprint density at radius 2 is 1.78 bits per heavy atom. The molecule has 1 aromatic carbocycles. The van der Waals surface area contributed by atoms with E-state index >= 15 is 0 Å². The number of benzene rings is 1. The van der Waals surface area contributed by atoms with E-state index in [0.29, 0.717) is 0 Å². The molecule has 0 aliphatic carbocycles. The fourth-order valence-electron chi connectivity index (χ4n) is 1.58. The molecule has 0 amide bonds. The summed E-state index contributed by atoms with van der Waals surface area (Å²) in [5, 5.41) is 2.15. The number of halogens is 4. The van der Waals surface area contributed by atoms with Gasteiger partial charge in [0.2, 0.25) is 16.5 Å². The highest BCUT2D eigenvalue weighted by Crippen LogP contribution is 2.27. The Kier molecular flexibility index (Phi) is 5.56. The Morgan fingerprint density at radius 3 is 2.35 bits per heavy atom. The van der Waals surface area contributed by atoms with Crippen molar-refractivity contribution in [3.63, 3.8) is 0 Å². The van der Waals surface area contributed by atoms with Crippen LogP contribution in [0.2, 0.25) is 15.6 Å². The first-order valence-electron chi connectivity index (χ1n) is 6.30. The van der Waals surface area contributed by atoms with Gasteiger partial charge in [0.25, 0.3) is 0 Å². The van der Waals surface area contributed by atoms with Gasteiger partial charge in [-0.3, -0.25) is 0 Å². The molecule has 0 saturated heterocycles. The monoisotopic (exact) mass is 378 g/mol. The molecule has 0 spiro atoms. The van der Waals surface area contributed by atoms with Gasteiger partial charge >= 0.3 is 5.97 Å². The summed E-state index contributed by atoms with van der Waals surface area (Å²) in [5.74, 6) is -1.48. The zero-order chi connectivity index (χ0) is 17.1. The van der Waals surface area contributed by atoms with Gasteiger partial charge in [0.05, 0.1) is 22.4 Å². The van der Waals surface area contributed by atoms with Crippen LogP contribution < -0.4 is 5.32 Å². The van der Waals surface area contributed by atoms with Gasteiger partial charge in [0, 0.05) is 0 Å². The first-order valence-corrected chi connectivity index (χ1v) is 7.43. The smallest absolute Gasteiger partial charge is 0.339 e. The van der Waals surface area contributed by atoms with Crippen LogP contribution in [0.1, 0.15) is 24.2 Å². The second-order valence-electron chi connectivity index (χ2n) is 4.59. The van der Waals surface area contributed by atoms with Crippen LogP contribution in [0.15, 0.2) is 12.1 Å². The fraction of sp³-hybridized carbons (Fsp3) is 0.231. The number of carbonyl (C=O) groups is 1. The van der Waals surface area contributed by atoms with E-state index in [1.54, 1.807) is 13.8 Å². The van der Waals surface area contributed by atoms with Crippen LogP contribution in [-0.4, -0.2) is 27.0 Å². The lowest BCUT2D eigenvalue weighted by Gasteiger charge is -2.12. The van der Waals surface area contributed by atoms with Crippen LogP contribution in [0.5, 0.6) is 0 Å². The summed E-state index contributed by atoms with van der Waals surface area (Å²) in [6.07, 6.45) is -0.346. The normalized spacial score (nSPS) is 10.7. The van der Waals surface area contributed by atoms with E-state index in [4.69, 9.17) is 39.5 Å². The van der Waals surface area contributed by atoms with Crippen molar-refractivity contribution in [2.45, 2.75) is 20.0 Å². The number of nitrogens with one attached hydrogen (secondary N) is 1. The predicted octanol–water partition coefficient (Wildman–Crippen LogP) is 4.28. The van der Waals surface area contributed by atoms with E-state index in [-0.39, 0.29) is 38.9 Å². The second kappa shape index (κ2) is 7.25. The van der Waals surface area contributed by atoms with Gasteiger partial charge in [-0.05, 0) is 49.2 Å². The molecule has 2 rings (SSSR count). The summed E-state index contributed by atoms with van der Waals surface area (Å²) in [5.41, 5.74) is -0.0982. The molecule has 6 nitrogen and oxygen atoms in total. The van der Waals surface area contributed by atoms with Gasteiger partial charge in [-0.15, -0.1) is 0 Å². The number of anilines is 2. The van der Waals surface area contributed by atoms with Crippen molar-refractivity contribution < 1.29 is 13.9 Å². The minimum Gasteiger partial charge on any atom is -0.459 e. The van der Waals surface area contributed by atoms with Crippen LogP contribution in [-0.2, 0) is 4.74 Å². The average molecular weight is 380 g/mol. The highest BCUT2D eigenvalue weighted by molar-refractivity contribution is 6.33. The number of rotatable bonds is 4. The van der Waals surface area contributed by atoms with Gasteiger partial charge in [0.15, 0.2) is 0 Å². The number of carbonyl (C=O) groups excluding carboxylic acids is 1. The van der Waals surface area contributed by atoms with Gasteiger partial charge in [-0.1, -0.05) is 11.6 Å². The molecule has 10 heteroatoms. The first kappa shape index (κ1) is 17.7. The molecular weight excluding hydrogens is 370 g/mol. The number of aromatic nitrogens is 3. The third kappa shape index (κ3) is 4.63. The summed E-state index contributed by atoms with van der Waals surface area (Å²) in [4.78, 5) is 23.0. The average Bonchev–Trinajstić information content (AvgIpc) is 2.39. The van der Waals surface area contributed by atoms with Crippen LogP contribution in [0.4, 0.5) is 16.0 Å². The molecule has 1 heterocycles. The molecule has 0 aliphatic heterocycles. The summed E-state index contributed by atoms with van der Waals surface area (Å²) in [7, 11) is 0. The van der Waals surface area contributed by atoms with Crippen molar-refractivity contribution >= 4 is 52.4 Å². The van der Waals surface area contributed by atoms with Crippen LogP contribution in [0.25, 0.3) is 0 Å². The summed E-state index contributed by atoms with van der Waals surface area (Å²) in [6, 6.07) is 2.17. The Balaban J connectivity index is 2.37. The molecule has 1 N–H and O–H groups in total. The summed E-state index contributed by atoms with van der Waals surface area (Å²) in [6.45, 7) is 3.37. The van der Waals surface area contributed by atoms with Gasteiger partial charge in [-0.25, -0.2) is 9.18 Å². The minimum atomic E-state index is -0.719. The SMILES string of the molecule is CC(C)OC(=O)c1cc(Nc2nc(Cl)nc(Cl)n2)c(F)cc1Cl. The van der Waals surface area contributed by atoms with Crippen molar-refractivity contribution in [2.24, 2.45) is 0 Å². The topological polar surface area (TPSA) is 77.0 Å². The maximum absolute atomic E-state index is 14.0. The molecule has 0 atom stereocenters. The van der Waals surface area contributed by atoms with E-state index in [0.717, 1.165) is 6.07 Å². The third-order valence-electron chi connectivity index (χ3n) is 2.45. The standard InChI is InChI=1S/C13H10Cl3FN4O2/c1-5(2)23-10(22)6-3-9(8(17)4-7(6)14)18-13-20-11(15)19-12(16)21-13/h3-5H,1-2H3,(H,18,19,20,21). The molecule has 0 bridgehead atoms. The van der Waals surface area contributed by atoms with Crippen LogP contribution >= 0.6 is 34.8 Å². The van der Waals surface area contributed by atoms with E-state index < -0.39 is 11.8 Å². The van der Waals surface area contributed by atoms with E-state index in [2.05, 4.69) is 20.3 Å². The Bertz CT molecular complexity index is 738. The predicted molar refractivity (Wildman–Crippen MR) is 85.1 cm³/mol. The largest absolute Gasteiger partial charge is 0.459 e. The molecule has 0 saturated carbocycles. The van der Waals surface area contributed by atoms with Crippen LogP contribution in [0, 0.1) is 5.82 Å². The Labute approximate surface area is 146 Å². The van der Waals surface area contributed by atoms with Crippen molar-refractivity contribution in [2.75, 3.05) is 5.32 Å². The highest BCUT2D eigenvalue weighted by Gasteiger charge is 2.18. The molecule has 0 fully saturated rings. The number of hydrogen-bond donors (Lipinski definition) is 1. The lowest BCUT2D eigenvalue weighted by Crippen LogP contribution is -2.13. The molecule has 2 aromatic rings. The molecule has 0 unspecified atom stereocenters. The van der Waals surface area contributed by atoms with Gasteiger partial charge in [-0.2, -0.15) is 15.0 Å². The number of esters is 1. The molecule has 0 radical (unpaired) electrons. The Hall–Kier alpha value is -1.70. The molecule has 23 heavy (non-hydrogen) atoms. The number of hydrogen-bond acceptors (Lipinski definition) is 6. The zero-order valence-corrected chi connectivity index (χ0v) is 14.2. The quantitative estimate of drug-likeness (QED) is 0.799. The minimum absolute atomic E-state index is 0.00415. The van der Waals surface area contributed by atoms with Crippen molar-refractivity contribution in [1.82, 2.24) is 15.0 Å². The summed E-state index contributed by atoms with van der Waals surface area (Å²) >= 11 is 17.2. The van der Waals surface area contributed by atoms with Crippen LogP contribution in [0.3, 0.4) is 0 Å². The molecule has 122 valence electrons. The summed E-state index contributed by atoms with van der Waals surface area (Å²) < 4.78 is 19.1. The molecular formula is C13H10Cl3FN4O2. The first-order chi connectivity index (χ1) is 10.8. The van der Waals surface area contributed by atoms with Crippen molar-refractivity contribution in [1.29, 1.82) is 0 Å².